The molecule has 1 saturated heterocycles. The van der Waals surface area contributed by atoms with Gasteiger partial charge in [0.05, 0.1) is 22.5 Å². The molecule has 3 aromatic rings. The molecule has 8 nitrogen and oxygen atoms in total. The van der Waals surface area contributed by atoms with Crippen LogP contribution in [-0.4, -0.2) is 66.9 Å². The largest absolute Gasteiger partial charge is 0.490 e. The average molecular weight is 472 g/mol. The first kappa shape index (κ1) is 24.1. The number of aliphatic hydroxyl groups excluding tert-OH is 1. The van der Waals surface area contributed by atoms with Crippen molar-refractivity contribution in [3.05, 3.63) is 41.2 Å². The van der Waals surface area contributed by atoms with E-state index in [9.17, 15) is 13.2 Å². The first-order chi connectivity index (χ1) is 15.2. The first-order valence-electron chi connectivity index (χ1n) is 10.1. The van der Waals surface area contributed by atoms with E-state index in [1.807, 2.05) is 16.9 Å². The summed E-state index contributed by atoms with van der Waals surface area (Å²) in [5.41, 5.74) is 1.97. The molecule has 1 unspecified atom stereocenters. The summed E-state index contributed by atoms with van der Waals surface area (Å²) < 4.78 is 34.9. The number of rotatable bonds is 6. The minimum atomic E-state index is -5.08. The van der Waals surface area contributed by atoms with Gasteiger partial charge in [-0.25, -0.2) is 9.78 Å². The van der Waals surface area contributed by atoms with Crippen molar-refractivity contribution in [2.45, 2.75) is 38.5 Å². The van der Waals surface area contributed by atoms with Gasteiger partial charge in [0.15, 0.2) is 0 Å². The maximum atomic E-state index is 10.6. The van der Waals surface area contributed by atoms with E-state index in [1.54, 1.807) is 11.3 Å². The molecule has 0 radical (unpaired) electrons. The van der Waals surface area contributed by atoms with Gasteiger partial charge < -0.3 is 10.2 Å². The lowest BCUT2D eigenvalue weighted by Gasteiger charge is -2.31. The molecule has 12 heteroatoms. The Labute approximate surface area is 186 Å². The van der Waals surface area contributed by atoms with Crippen molar-refractivity contribution in [1.82, 2.24) is 24.9 Å². The number of alkyl halides is 3. The first-order valence-corrected chi connectivity index (χ1v) is 10.9. The summed E-state index contributed by atoms with van der Waals surface area (Å²) in [7, 11) is 0. The number of aromatic nitrogens is 4. The van der Waals surface area contributed by atoms with E-state index in [-0.39, 0.29) is 6.61 Å². The van der Waals surface area contributed by atoms with E-state index < -0.39 is 12.1 Å². The fraction of sp³-hybridized carbons (Fsp3) is 0.500. The highest BCUT2D eigenvalue weighted by molar-refractivity contribution is 7.18. The van der Waals surface area contributed by atoms with Gasteiger partial charge in [-0.15, -0.1) is 16.4 Å². The Morgan fingerprint density at radius 1 is 1.28 bits per heavy atom. The summed E-state index contributed by atoms with van der Waals surface area (Å²) in [5.74, 6) is -2.17. The monoisotopic (exact) mass is 471 g/mol. The molecule has 0 amide bonds. The Bertz CT molecular complexity index is 990. The second kappa shape index (κ2) is 10.8. The number of aliphatic hydroxyl groups is 1. The van der Waals surface area contributed by atoms with Crippen LogP contribution >= 0.6 is 11.3 Å². The van der Waals surface area contributed by atoms with Crippen LogP contribution in [-0.2, 0) is 24.3 Å². The van der Waals surface area contributed by atoms with E-state index in [0.717, 1.165) is 37.4 Å². The number of hydrogen-bond acceptors (Lipinski definition) is 7. The summed E-state index contributed by atoms with van der Waals surface area (Å²) in [6.45, 7) is 4.17. The van der Waals surface area contributed by atoms with Crippen molar-refractivity contribution in [2.75, 3.05) is 19.7 Å². The molecule has 1 aliphatic rings. The molecule has 0 saturated carbocycles. The minimum Gasteiger partial charge on any atom is -0.475 e. The summed E-state index contributed by atoms with van der Waals surface area (Å²) in [4.78, 5) is 16.2. The number of thiazole rings is 1. The molecule has 174 valence electrons. The molecular weight excluding hydrogens is 447 g/mol. The highest BCUT2D eigenvalue weighted by Gasteiger charge is 2.38. The third-order valence-corrected chi connectivity index (χ3v) is 5.96. The summed E-state index contributed by atoms with van der Waals surface area (Å²) in [5, 5.41) is 25.6. The number of likely N-dealkylation sites (tertiary alicyclic amines) is 1. The van der Waals surface area contributed by atoms with Gasteiger partial charge in [0, 0.05) is 32.3 Å². The van der Waals surface area contributed by atoms with E-state index in [2.05, 4.69) is 33.4 Å². The highest BCUT2D eigenvalue weighted by Crippen LogP contribution is 2.25. The lowest BCUT2D eigenvalue weighted by Crippen LogP contribution is -2.36. The zero-order chi connectivity index (χ0) is 23.1. The number of carbonyl (C=O) groups is 1. The molecule has 32 heavy (non-hydrogen) atoms. The van der Waals surface area contributed by atoms with Gasteiger partial charge in [0.2, 0.25) is 0 Å². The van der Waals surface area contributed by atoms with Gasteiger partial charge in [-0.05, 0) is 37.4 Å². The van der Waals surface area contributed by atoms with Crippen LogP contribution in [0.3, 0.4) is 0 Å². The number of halogens is 3. The molecule has 4 rings (SSSR count). The second-order valence-corrected chi connectivity index (χ2v) is 8.64. The van der Waals surface area contributed by atoms with Crippen LogP contribution in [0.2, 0.25) is 0 Å². The molecular formula is C20H24F3N5O3S. The van der Waals surface area contributed by atoms with Crippen LogP contribution < -0.4 is 0 Å². The molecule has 0 bridgehead atoms. The summed E-state index contributed by atoms with van der Waals surface area (Å²) in [6, 6.07) is 8.35. The normalized spacial score (nSPS) is 17.2. The third kappa shape index (κ3) is 6.97. The van der Waals surface area contributed by atoms with Gasteiger partial charge in [-0.3, -0.25) is 9.58 Å². The maximum Gasteiger partial charge on any atom is 0.490 e. The SMILES string of the molecule is O=C(O)C(F)(F)F.OCCc1cn(CC2CCCN(Cc3nc4ccccc4s3)C2)nn1. The van der Waals surface area contributed by atoms with Crippen LogP contribution in [0.15, 0.2) is 30.5 Å². The molecule has 0 spiro atoms. The predicted octanol–water partition coefficient (Wildman–Crippen LogP) is 2.97. The lowest BCUT2D eigenvalue weighted by atomic mass is 9.98. The predicted molar refractivity (Wildman–Crippen MR) is 112 cm³/mol. The van der Waals surface area contributed by atoms with E-state index in [4.69, 9.17) is 20.0 Å². The van der Waals surface area contributed by atoms with Crippen molar-refractivity contribution in [3.8, 4) is 0 Å². The van der Waals surface area contributed by atoms with Crippen molar-refractivity contribution in [1.29, 1.82) is 0 Å². The topological polar surface area (TPSA) is 104 Å². The molecule has 2 N–H and O–H groups in total. The Morgan fingerprint density at radius 2 is 2.03 bits per heavy atom. The molecule has 1 aromatic carbocycles. The van der Waals surface area contributed by atoms with Gasteiger partial charge in [-0.1, -0.05) is 17.3 Å². The van der Waals surface area contributed by atoms with E-state index in [1.165, 1.54) is 22.5 Å². The van der Waals surface area contributed by atoms with Crippen LogP contribution in [0.4, 0.5) is 13.2 Å². The Kier molecular flexibility index (Phi) is 8.15. The third-order valence-electron chi connectivity index (χ3n) is 4.94. The number of para-hydroxylation sites is 1. The number of piperidine rings is 1. The van der Waals surface area contributed by atoms with Crippen LogP contribution in [0.1, 0.15) is 23.5 Å². The molecule has 0 aliphatic carbocycles. The molecule has 1 fully saturated rings. The highest BCUT2D eigenvalue weighted by atomic mass is 32.1. The summed E-state index contributed by atoms with van der Waals surface area (Å²) >= 11 is 1.80. The van der Waals surface area contributed by atoms with Crippen LogP contribution in [0.25, 0.3) is 10.2 Å². The second-order valence-electron chi connectivity index (χ2n) is 7.53. The number of carboxylic acids is 1. The average Bonchev–Trinajstić information content (AvgIpc) is 3.34. The van der Waals surface area contributed by atoms with E-state index >= 15 is 0 Å². The standard InChI is InChI=1S/C18H23N5OS.C2HF3O2/c24-9-7-15-12-23(21-20-15)11-14-4-3-8-22(10-14)13-18-19-16-5-1-2-6-17(16)25-18;3-2(4,5)1(6)7/h1-2,5-6,12,14,24H,3-4,7-11,13H2;(H,6,7). The molecule has 3 heterocycles. The summed E-state index contributed by atoms with van der Waals surface area (Å²) in [6.07, 6.45) is -0.101. The zero-order valence-corrected chi connectivity index (χ0v) is 18.0. The minimum absolute atomic E-state index is 0.123. The zero-order valence-electron chi connectivity index (χ0n) is 17.2. The number of nitrogens with zero attached hydrogens (tertiary/aromatic N) is 5. The fourth-order valence-corrected chi connectivity index (χ4v) is 4.55. The van der Waals surface area contributed by atoms with Crippen molar-refractivity contribution in [2.24, 2.45) is 5.92 Å². The van der Waals surface area contributed by atoms with Crippen molar-refractivity contribution < 1.29 is 28.2 Å². The number of carboxylic acid groups (broad SMARTS) is 1. The Morgan fingerprint density at radius 3 is 2.72 bits per heavy atom. The van der Waals surface area contributed by atoms with Crippen molar-refractivity contribution in [3.63, 3.8) is 0 Å². The number of fused-ring (bicyclic) bond motifs is 1. The van der Waals surface area contributed by atoms with Gasteiger partial charge >= 0.3 is 12.1 Å². The number of hydrogen-bond donors (Lipinski definition) is 2. The lowest BCUT2D eigenvalue weighted by molar-refractivity contribution is -0.192. The molecule has 1 aliphatic heterocycles. The van der Waals surface area contributed by atoms with Crippen LogP contribution in [0, 0.1) is 5.92 Å². The van der Waals surface area contributed by atoms with Gasteiger partial charge in [-0.2, -0.15) is 13.2 Å². The number of aliphatic carboxylic acids is 1. The number of benzene rings is 1. The smallest absolute Gasteiger partial charge is 0.475 e. The molecule has 1 atom stereocenters. The van der Waals surface area contributed by atoms with Gasteiger partial charge in [0.25, 0.3) is 0 Å². The van der Waals surface area contributed by atoms with Crippen LogP contribution in [0.5, 0.6) is 0 Å². The van der Waals surface area contributed by atoms with E-state index in [0.29, 0.717) is 12.3 Å². The Balaban J connectivity index is 0.000000360. The Hall–Kier alpha value is -2.57. The van der Waals surface area contributed by atoms with Gasteiger partial charge in [0.1, 0.15) is 5.01 Å². The molecule has 2 aromatic heterocycles. The maximum absolute atomic E-state index is 10.6. The fourth-order valence-electron chi connectivity index (χ4n) is 3.54. The van der Waals surface area contributed by atoms with Crippen molar-refractivity contribution >= 4 is 27.5 Å². The quantitative estimate of drug-likeness (QED) is 0.570.